The Morgan fingerprint density at radius 2 is 2.15 bits per heavy atom. The molecule has 20 heavy (non-hydrogen) atoms. The number of furan rings is 1. The third-order valence-electron chi connectivity index (χ3n) is 3.66. The molecular formula is C13H20N2O4S. The average Bonchev–Trinajstić information content (AvgIpc) is 3.07. The van der Waals surface area contributed by atoms with Gasteiger partial charge in [-0.05, 0) is 37.9 Å². The van der Waals surface area contributed by atoms with E-state index < -0.39 is 10.0 Å². The van der Waals surface area contributed by atoms with Crippen LogP contribution in [0.2, 0.25) is 0 Å². The van der Waals surface area contributed by atoms with Crippen LogP contribution in [0.25, 0.3) is 0 Å². The summed E-state index contributed by atoms with van der Waals surface area (Å²) in [5, 5.41) is -0.233. The molecule has 1 N–H and O–H groups in total. The molecule has 1 unspecified atom stereocenters. The van der Waals surface area contributed by atoms with E-state index in [1.54, 1.807) is 4.90 Å². The van der Waals surface area contributed by atoms with E-state index in [1.165, 1.54) is 19.2 Å². The number of nitrogens with one attached hydrogen (secondary N) is 1. The van der Waals surface area contributed by atoms with E-state index in [2.05, 4.69) is 18.6 Å². The monoisotopic (exact) mass is 300 g/mol. The predicted molar refractivity (Wildman–Crippen MR) is 73.9 cm³/mol. The molecule has 0 saturated carbocycles. The maximum Gasteiger partial charge on any atom is 0.289 e. The summed E-state index contributed by atoms with van der Waals surface area (Å²) < 4.78 is 30.6. The Labute approximate surface area is 119 Å². The van der Waals surface area contributed by atoms with Crippen LogP contribution >= 0.6 is 0 Å². The second-order valence-corrected chi connectivity index (χ2v) is 7.10. The van der Waals surface area contributed by atoms with Gasteiger partial charge in [0.2, 0.25) is 5.09 Å². The van der Waals surface area contributed by atoms with E-state index in [1.807, 2.05) is 0 Å². The molecule has 2 heterocycles. The average molecular weight is 300 g/mol. The van der Waals surface area contributed by atoms with Crippen LogP contribution in [0.15, 0.2) is 21.6 Å². The molecule has 1 amide bonds. The molecule has 1 fully saturated rings. The van der Waals surface area contributed by atoms with E-state index in [4.69, 9.17) is 4.42 Å². The number of likely N-dealkylation sites (tertiary alicyclic amines) is 1. The van der Waals surface area contributed by atoms with Crippen molar-refractivity contribution >= 4 is 15.9 Å². The smallest absolute Gasteiger partial charge is 0.289 e. The number of hydrogen-bond acceptors (Lipinski definition) is 4. The summed E-state index contributed by atoms with van der Waals surface area (Å²) in [6, 6.07) is 2.92. The zero-order chi connectivity index (χ0) is 14.9. The summed E-state index contributed by atoms with van der Waals surface area (Å²) in [6.07, 6.45) is 1.95. The number of carbonyl (C=O) groups excluding carboxylic acids is 1. The number of hydrogen-bond donors (Lipinski definition) is 1. The number of amides is 1. The normalized spacial score (nSPS) is 19.8. The van der Waals surface area contributed by atoms with Crippen LogP contribution in [0, 0.1) is 5.92 Å². The highest BCUT2D eigenvalue weighted by Crippen LogP contribution is 2.26. The Morgan fingerprint density at radius 3 is 2.75 bits per heavy atom. The minimum absolute atomic E-state index is 0.0753. The molecule has 1 aromatic rings. The first-order chi connectivity index (χ1) is 9.36. The number of sulfonamides is 1. The molecule has 1 aliphatic rings. The largest absolute Gasteiger partial charge is 0.438 e. The molecule has 0 spiro atoms. The van der Waals surface area contributed by atoms with E-state index >= 15 is 0 Å². The molecule has 0 aromatic carbocycles. The van der Waals surface area contributed by atoms with Gasteiger partial charge in [0.15, 0.2) is 5.76 Å². The Bertz CT molecular complexity index is 591. The van der Waals surface area contributed by atoms with Gasteiger partial charge in [0, 0.05) is 12.6 Å². The first kappa shape index (κ1) is 15.1. The SMILES string of the molecule is CNS(=O)(=O)c1ccc(C(=O)N2CCCC2C(C)C)o1. The molecule has 2 rings (SSSR count). The minimum Gasteiger partial charge on any atom is -0.438 e. The van der Waals surface area contributed by atoms with Crippen LogP contribution in [0.1, 0.15) is 37.2 Å². The quantitative estimate of drug-likeness (QED) is 0.912. The molecule has 6 nitrogen and oxygen atoms in total. The molecule has 7 heteroatoms. The van der Waals surface area contributed by atoms with Crippen molar-refractivity contribution in [2.75, 3.05) is 13.6 Å². The van der Waals surface area contributed by atoms with Gasteiger partial charge in [0.05, 0.1) is 0 Å². The van der Waals surface area contributed by atoms with Crippen LogP contribution in [-0.4, -0.2) is 38.9 Å². The summed E-state index contributed by atoms with van der Waals surface area (Å²) in [5.74, 6) is 0.210. The lowest BCUT2D eigenvalue weighted by Gasteiger charge is -2.26. The molecule has 1 aromatic heterocycles. The first-order valence-electron chi connectivity index (χ1n) is 6.71. The van der Waals surface area contributed by atoms with E-state index in [0.29, 0.717) is 12.5 Å². The second kappa shape index (κ2) is 5.57. The van der Waals surface area contributed by atoms with Crippen LogP contribution in [0.3, 0.4) is 0 Å². The zero-order valence-corrected chi connectivity index (χ0v) is 12.7. The molecule has 0 bridgehead atoms. The first-order valence-corrected chi connectivity index (χ1v) is 8.19. The van der Waals surface area contributed by atoms with Crippen molar-refractivity contribution in [3.05, 3.63) is 17.9 Å². The summed E-state index contributed by atoms with van der Waals surface area (Å²) >= 11 is 0. The van der Waals surface area contributed by atoms with Crippen LogP contribution in [0.5, 0.6) is 0 Å². The van der Waals surface area contributed by atoms with E-state index in [9.17, 15) is 13.2 Å². The van der Waals surface area contributed by atoms with Gasteiger partial charge >= 0.3 is 0 Å². The molecule has 0 radical (unpaired) electrons. The second-order valence-electron chi connectivity index (χ2n) is 5.28. The fourth-order valence-corrected chi connectivity index (χ4v) is 3.21. The molecule has 1 atom stereocenters. The van der Waals surface area contributed by atoms with E-state index in [-0.39, 0.29) is 22.8 Å². The van der Waals surface area contributed by atoms with Crippen molar-refractivity contribution in [1.29, 1.82) is 0 Å². The zero-order valence-electron chi connectivity index (χ0n) is 11.9. The third-order valence-corrected chi connectivity index (χ3v) is 4.94. The van der Waals surface area contributed by atoms with Gasteiger partial charge in [-0.25, -0.2) is 13.1 Å². The Balaban J connectivity index is 2.22. The fraction of sp³-hybridized carbons (Fsp3) is 0.615. The summed E-state index contributed by atoms with van der Waals surface area (Å²) in [6.45, 7) is 4.85. The standard InChI is InChI=1S/C13H20N2O4S/c1-9(2)10-5-4-8-15(10)13(16)11-6-7-12(19-11)20(17,18)14-3/h6-7,9-10,14H,4-5,8H2,1-3H3. The minimum atomic E-state index is -3.65. The van der Waals surface area contributed by atoms with Crippen molar-refractivity contribution in [3.63, 3.8) is 0 Å². The predicted octanol–water partition coefficient (Wildman–Crippen LogP) is 1.45. The van der Waals surface area contributed by atoms with Gasteiger partial charge < -0.3 is 9.32 Å². The Morgan fingerprint density at radius 1 is 1.45 bits per heavy atom. The summed E-state index contributed by atoms with van der Waals surface area (Å²) in [7, 11) is -2.35. The maximum atomic E-state index is 12.4. The molecule has 0 aliphatic carbocycles. The molecule has 112 valence electrons. The van der Waals surface area contributed by atoms with Crippen molar-refractivity contribution in [1.82, 2.24) is 9.62 Å². The highest BCUT2D eigenvalue weighted by molar-refractivity contribution is 7.89. The summed E-state index contributed by atoms with van der Waals surface area (Å²) in [5.41, 5.74) is 0. The van der Waals surface area contributed by atoms with Crippen molar-refractivity contribution in [2.45, 2.75) is 37.8 Å². The van der Waals surface area contributed by atoms with Gasteiger partial charge in [-0.1, -0.05) is 13.8 Å². The summed E-state index contributed by atoms with van der Waals surface area (Å²) in [4.78, 5) is 14.2. The maximum absolute atomic E-state index is 12.4. The van der Waals surface area contributed by atoms with Crippen molar-refractivity contribution in [3.8, 4) is 0 Å². The van der Waals surface area contributed by atoms with Crippen molar-refractivity contribution < 1.29 is 17.6 Å². The molecule has 1 saturated heterocycles. The lowest BCUT2D eigenvalue weighted by molar-refractivity contribution is 0.0663. The van der Waals surface area contributed by atoms with E-state index in [0.717, 1.165) is 12.8 Å². The lowest BCUT2D eigenvalue weighted by atomic mass is 10.0. The van der Waals surface area contributed by atoms with Crippen LogP contribution < -0.4 is 4.72 Å². The van der Waals surface area contributed by atoms with Crippen LogP contribution in [0.4, 0.5) is 0 Å². The highest BCUT2D eigenvalue weighted by atomic mass is 32.2. The Kier molecular flexibility index (Phi) is 4.19. The van der Waals surface area contributed by atoms with Crippen LogP contribution in [-0.2, 0) is 10.0 Å². The third kappa shape index (κ3) is 2.73. The lowest BCUT2D eigenvalue weighted by Crippen LogP contribution is -2.38. The van der Waals surface area contributed by atoms with Gasteiger partial charge in [0.1, 0.15) is 0 Å². The molecule has 1 aliphatic heterocycles. The van der Waals surface area contributed by atoms with Gasteiger partial charge in [0.25, 0.3) is 15.9 Å². The number of carbonyl (C=O) groups is 1. The number of nitrogens with zero attached hydrogens (tertiary/aromatic N) is 1. The fourth-order valence-electron chi connectivity index (χ4n) is 2.56. The molecular weight excluding hydrogens is 280 g/mol. The topological polar surface area (TPSA) is 79.6 Å². The van der Waals surface area contributed by atoms with Gasteiger partial charge in [-0.3, -0.25) is 4.79 Å². The van der Waals surface area contributed by atoms with Gasteiger partial charge in [-0.2, -0.15) is 0 Å². The van der Waals surface area contributed by atoms with Gasteiger partial charge in [-0.15, -0.1) is 0 Å². The van der Waals surface area contributed by atoms with Crippen molar-refractivity contribution in [2.24, 2.45) is 5.92 Å². The highest BCUT2D eigenvalue weighted by Gasteiger charge is 2.33. The number of rotatable bonds is 4. The Hall–Kier alpha value is -1.34.